The van der Waals surface area contributed by atoms with Crippen molar-refractivity contribution in [2.45, 2.75) is 24.8 Å². The van der Waals surface area contributed by atoms with E-state index in [1.54, 1.807) is 38.5 Å². The zero-order valence-corrected chi connectivity index (χ0v) is 22.3. The SMILES string of the molecule is COc1ccc(CNc2nc(-c3ncco3)cc3nc(CCOS(=O)(=O)c4ccc(C)cc4)nn23)c(OC)c1. The van der Waals surface area contributed by atoms with Gasteiger partial charge in [-0.1, -0.05) is 17.7 Å². The van der Waals surface area contributed by atoms with Gasteiger partial charge in [0, 0.05) is 30.7 Å². The van der Waals surface area contributed by atoms with Gasteiger partial charge < -0.3 is 19.2 Å². The summed E-state index contributed by atoms with van der Waals surface area (Å²) >= 11 is 0. The number of hydrogen-bond donors (Lipinski definition) is 1. The van der Waals surface area contributed by atoms with Crippen LogP contribution >= 0.6 is 0 Å². The lowest BCUT2D eigenvalue weighted by Crippen LogP contribution is -2.10. The maximum Gasteiger partial charge on any atom is 0.296 e. The van der Waals surface area contributed by atoms with Crippen LogP contribution in [0.25, 0.3) is 17.2 Å². The maximum absolute atomic E-state index is 12.5. The fourth-order valence-corrected chi connectivity index (χ4v) is 4.71. The van der Waals surface area contributed by atoms with Crippen molar-refractivity contribution in [3.8, 4) is 23.1 Å². The number of nitrogens with zero attached hydrogens (tertiary/aromatic N) is 5. The molecule has 3 aromatic heterocycles. The van der Waals surface area contributed by atoms with Crippen LogP contribution in [0.1, 0.15) is 17.0 Å². The summed E-state index contributed by atoms with van der Waals surface area (Å²) in [5.74, 6) is 2.40. The van der Waals surface area contributed by atoms with Gasteiger partial charge in [0.1, 0.15) is 23.5 Å². The third-order valence-corrected chi connectivity index (χ3v) is 7.15. The number of rotatable bonds is 11. The minimum Gasteiger partial charge on any atom is -0.497 e. The van der Waals surface area contributed by atoms with Crippen molar-refractivity contribution in [3.63, 3.8) is 0 Å². The predicted octanol–water partition coefficient (Wildman–Crippen LogP) is 3.67. The smallest absolute Gasteiger partial charge is 0.296 e. The molecule has 0 amide bonds. The molecule has 5 rings (SSSR count). The normalized spacial score (nSPS) is 11.6. The molecule has 202 valence electrons. The van der Waals surface area contributed by atoms with Gasteiger partial charge in [-0.05, 0) is 31.2 Å². The van der Waals surface area contributed by atoms with E-state index in [1.165, 1.54) is 29.1 Å². The lowest BCUT2D eigenvalue weighted by Gasteiger charge is -2.12. The van der Waals surface area contributed by atoms with Gasteiger partial charge in [0.25, 0.3) is 10.1 Å². The second kappa shape index (κ2) is 11.1. The van der Waals surface area contributed by atoms with Crippen LogP contribution in [0.15, 0.2) is 70.3 Å². The van der Waals surface area contributed by atoms with E-state index in [4.69, 9.17) is 18.1 Å². The highest BCUT2D eigenvalue weighted by molar-refractivity contribution is 7.86. The Morgan fingerprint density at radius 2 is 1.85 bits per heavy atom. The Labute approximate surface area is 224 Å². The monoisotopic (exact) mass is 550 g/mol. The van der Waals surface area contributed by atoms with E-state index >= 15 is 0 Å². The highest BCUT2D eigenvalue weighted by atomic mass is 32.2. The third-order valence-electron chi connectivity index (χ3n) is 5.83. The summed E-state index contributed by atoms with van der Waals surface area (Å²) in [6, 6.07) is 13.7. The highest BCUT2D eigenvalue weighted by Crippen LogP contribution is 2.26. The minimum absolute atomic E-state index is 0.0938. The molecule has 5 aromatic rings. The molecule has 0 spiro atoms. The van der Waals surface area contributed by atoms with E-state index in [0.29, 0.717) is 47.0 Å². The molecule has 0 fully saturated rings. The van der Waals surface area contributed by atoms with Gasteiger partial charge in [0.15, 0.2) is 11.5 Å². The van der Waals surface area contributed by atoms with Crippen molar-refractivity contribution in [2.75, 3.05) is 26.1 Å². The van der Waals surface area contributed by atoms with Gasteiger partial charge in [-0.15, -0.1) is 5.10 Å². The number of anilines is 1. The van der Waals surface area contributed by atoms with E-state index in [-0.39, 0.29) is 17.9 Å². The van der Waals surface area contributed by atoms with Crippen LogP contribution in [0, 0.1) is 6.92 Å². The van der Waals surface area contributed by atoms with Crippen LogP contribution in [-0.4, -0.2) is 53.8 Å². The van der Waals surface area contributed by atoms with Gasteiger partial charge in [0.05, 0.1) is 31.9 Å². The fraction of sp³-hybridized carbons (Fsp3) is 0.231. The van der Waals surface area contributed by atoms with E-state index in [1.807, 2.05) is 19.1 Å². The summed E-state index contributed by atoms with van der Waals surface area (Å²) in [6.07, 6.45) is 3.14. The van der Waals surface area contributed by atoms with E-state index in [2.05, 4.69) is 25.4 Å². The molecule has 2 aromatic carbocycles. The highest BCUT2D eigenvalue weighted by Gasteiger charge is 2.18. The molecule has 39 heavy (non-hydrogen) atoms. The molecule has 0 atom stereocenters. The van der Waals surface area contributed by atoms with Crippen molar-refractivity contribution in [1.82, 2.24) is 24.6 Å². The Hall–Kier alpha value is -4.49. The Morgan fingerprint density at radius 3 is 2.56 bits per heavy atom. The second-order valence-corrected chi connectivity index (χ2v) is 10.1. The summed E-state index contributed by atoms with van der Waals surface area (Å²) in [5.41, 5.74) is 2.74. The molecular formula is C26H26N6O6S. The van der Waals surface area contributed by atoms with Gasteiger partial charge >= 0.3 is 0 Å². The van der Waals surface area contributed by atoms with Crippen molar-refractivity contribution in [2.24, 2.45) is 0 Å². The first-order chi connectivity index (χ1) is 18.9. The largest absolute Gasteiger partial charge is 0.497 e. The van der Waals surface area contributed by atoms with Crippen molar-refractivity contribution < 1.29 is 26.5 Å². The summed E-state index contributed by atoms with van der Waals surface area (Å²) in [5, 5.41) is 7.79. The van der Waals surface area contributed by atoms with Gasteiger partial charge in [0.2, 0.25) is 11.8 Å². The maximum atomic E-state index is 12.5. The van der Waals surface area contributed by atoms with Crippen LogP contribution in [0.4, 0.5) is 5.95 Å². The number of benzene rings is 2. The minimum atomic E-state index is -3.90. The Kier molecular flexibility index (Phi) is 7.43. The average molecular weight is 551 g/mol. The van der Waals surface area contributed by atoms with Gasteiger partial charge in [-0.2, -0.15) is 12.9 Å². The summed E-state index contributed by atoms with van der Waals surface area (Å²) in [7, 11) is -0.725. The molecular weight excluding hydrogens is 524 g/mol. The molecule has 1 N–H and O–H groups in total. The molecule has 0 aliphatic carbocycles. The quantitative estimate of drug-likeness (QED) is 0.241. The molecule has 0 aliphatic heterocycles. The first kappa shape index (κ1) is 26.1. The van der Waals surface area contributed by atoms with Crippen molar-refractivity contribution in [3.05, 3.63) is 77.9 Å². The number of aryl methyl sites for hydroxylation is 1. The van der Waals surface area contributed by atoms with E-state index in [0.717, 1.165) is 11.1 Å². The summed E-state index contributed by atoms with van der Waals surface area (Å²) < 4.78 is 48.0. The zero-order chi connectivity index (χ0) is 27.4. The number of aromatic nitrogens is 5. The molecule has 3 heterocycles. The Bertz CT molecular complexity index is 1680. The molecule has 0 bridgehead atoms. The standard InChI is InChI=1S/C26H26N6O6S/c1-17-4-8-20(9-5-17)39(33,34)38-12-10-23-30-24-15-21(25-27-11-13-37-25)29-26(32(24)31-23)28-16-18-6-7-19(35-2)14-22(18)36-3/h4-9,11,13-15H,10,12,16H2,1-3H3,(H,28,29). The average Bonchev–Trinajstić information content (AvgIpc) is 3.62. The lowest BCUT2D eigenvalue weighted by atomic mass is 10.2. The van der Waals surface area contributed by atoms with Crippen LogP contribution in [0.2, 0.25) is 0 Å². The number of nitrogens with one attached hydrogen (secondary N) is 1. The lowest BCUT2D eigenvalue weighted by molar-refractivity contribution is 0.319. The topological polar surface area (TPSA) is 143 Å². The molecule has 0 unspecified atom stereocenters. The number of ether oxygens (including phenoxy) is 2. The summed E-state index contributed by atoms with van der Waals surface area (Å²) in [4.78, 5) is 13.4. The van der Waals surface area contributed by atoms with Gasteiger partial charge in [-0.3, -0.25) is 4.18 Å². The van der Waals surface area contributed by atoms with Crippen LogP contribution < -0.4 is 14.8 Å². The zero-order valence-electron chi connectivity index (χ0n) is 21.5. The number of oxazole rings is 1. The van der Waals surface area contributed by atoms with E-state index in [9.17, 15) is 8.42 Å². The number of fused-ring (bicyclic) bond motifs is 1. The first-order valence-electron chi connectivity index (χ1n) is 11.9. The van der Waals surface area contributed by atoms with Crippen LogP contribution in [-0.2, 0) is 27.3 Å². The second-order valence-electron chi connectivity index (χ2n) is 8.47. The molecule has 0 saturated heterocycles. The van der Waals surface area contributed by atoms with Crippen molar-refractivity contribution in [1.29, 1.82) is 0 Å². The molecule has 0 aliphatic rings. The van der Waals surface area contributed by atoms with Gasteiger partial charge in [-0.25, -0.2) is 15.0 Å². The summed E-state index contributed by atoms with van der Waals surface area (Å²) in [6.45, 7) is 2.11. The third kappa shape index (κ3) is 5.84. The first-order valence-corrected chi connectivity index (χ1v) is 13.3. The van der Waals surface area contributed by atoms with Crippen LogP contribution in [0.3, 0.4) is 0 Å². The van der Waals surface area contributed by atoms with E-state index < -0.39 is 10.1 Å². The molecule has 12 nitrogen and oxygen atoms in total. The Balaban J connectivity index is 1.38. The predicted molar refractivity (Wildman–Crippen MR) is 141 cm³/mol. The number of methoxy groups -OCH3 is 2. The van der Waals surface area contributed by atoms with Crippen LogP contribution in [0.5, 0.6) is 11.5 Å². The fourth-order valence-electron chi connectivity index (χ4n) is 3.80. The molecule has 0 radical (unpaired) electrons. The molecule has 0 saturated carbocycles. The molecule has 13 heteroatoms. The number of hydrogen-bond acceptors (Lipinski definition) is 11. The Morgan fingerprint density at radius 1 is 1.03 bits per heavy atom. The van der Waals surface area contributed by atoms with Crippen molar-refractivity contribution >= 4 is 21.7 Å².